The number of anilines is 4. The monoisotopic (exact) mass is 568 g/mol. The minimum absolute atomic E-state index is 0.270. The Balaban J connectivity index is 1.03. The van der Waals surface area contributed by atoms with E-state index < -0.39 is 0 Å². The zero-order valence-electron chi connectivity index (χ0n) is 24.6. The number of amides is 2. The summed E-state index contributed by atoms with van der Waals surface area (Å²) in [6.07, 6.45) is 3.77. The van der Waals surface area contributed by atoms with Crippen LogP contribution in [0.4, 0.5) is 27.7 Å². The van der Waals surface area contributed by atoms with Gasteiger partial charge >= 0.3 is 6.03 Å². The number of fused-ring (bicyclic) bond motifs is 3. The average Bonchev–Trinajstić information content (AvgIpc) is 3.34. The van der Waals surface area contributed by atoms with Gasteiger partial charge in [0.25, 0.3) is 0 Å². The van der Waals surface area contributed by atoms with E-state index in [2.05, 4.69) is 56.5 Å². The minimum atomic E-state index is -0.270. The zero-order valence-corrected chi connectivity index (χ0v) is 24.6. The van der Waals surface area contributed by atoms with Gasteiger partial charge < -0.3 is 35.0 Å². The highest BCUT2D eigenvalue weighted by Gasteiger charge is 2.36. The van der Waals surface area contributed by atoms with Crippen LogP contribution in [0.5, 0.6) is 0 Å². The van der Waals surface area contributed by atoms with Gasteiger partial charge in [0.2, 0.25) is 0 Å². The lowest BCUT2D eigenvalue weighted by atomic mass is 10.0. The molecule has 3 saturated heterocycles. The van der Waals surface area contributed by atoms with Crippen molar-refractivity contribution in [2.45, 2.75) is 38.0 Å². The largest absolute Gasteiger partial charge is 0.371 e. The number of piperazine rings is 1. The van der Waals surface area contributed by atoms with Crippen molar-refractivity contribution >= 4 is 28.9 Å². The second-order valence-electron chi connectivity index (χ2n) is 12.1. The van der Waals surface area contributed by atoms with Crippen LogP contribution in [0.25, 0.3) is 11.4 Å². The van der Waals surface area contributed by atoms with E-state index in [1.54, 1.807) is 0 Å². The molecule has 0 aliphatic carbocycles. The Morgan fingerprint density at radius 2 is 1.43 bits per heavy atom. The van der Waals surface area contributed by atoms with Crippen molar-refractivity contribution in [3.63, 3.8) is 0 Å². The second-order valence-corrected chi connectivity index (χ2v) is 12.1. The first kappa shape index (κ1) is 27.1. The molecule has 1 aromatic heterocycles. The normalized spacial score (nSPS) is 22.6. The molecule has 5 heterocycles. The lowest BCUT2D eigenvalue weighted by Gasteiger charge is -2.36. The van der Waals surface area contributed by atoms with Crippen molar-refractivity contribution in [3.05, 3.63) is 59.8 Å². The van der Waals surface area contributed by atoms with Crippen LogP contribution in [-0.4, -0.2) is 97.9 Å². The Morgan fingerprint density at radius 3 is 2.10 bits per heavy atom. The Hall–Kier alpha value is -3.73. The van der Waals surface area contributed by atoms with Gasteiger partial charge in [-0.15, -0.1) is 0 Å². The van der Waals surface area contributed by atoms with Gasteiger partial charge in [0.05, 0.1) is 17.9 Å². The lowest BCUT2D eigenvalue weighted by molar-refractivity contribution is 0.0301. The van der Waals surface area contributed by atoms with Crippen LogP contribution in [-0.2, 0) is 17.7 Å². The quantitative estimate of drug-likeness (QED) is 0.479. The fourth-order valence-corrected chi connectivity index (χ4v) is 6.53. The number of aromatic nitrogens is 2. The van der Waals surface area contributed by atoms with E-state index >= 15 is 0 Å². The van der Waals surface area contributed by atoms with Crippen LogP contribution < -0.4 is 20.4 Å². The van der Waals surface area contributed by atoms with E-state index in [4.69, 9.17) is 14.7 Å². The number of nitrogens with zero attached hydrogens (tertiary/aromatic N) is 6. The Kier molecular flexibility index (Phi) is 7.43. The van der Waals surface area contributed by atoms with Crippen LogP contribution >= 0.6 is 0 Å². The van der Waals surface area contributed by atoms with E-state index in [1.807, 2.05) is 36.4 Å². The third-order valence-electron chi connectivity index (χ3n) is 8.97. The Labute approximate surface area is 247 Å². The standard InChI is InChI=1S/C32H40N8O2/c1-37-15-17-39(18-16-37)25-9-7-24(8-10-25)34-32(41)33-23-5-3-22(4-6-23)30-35-29-13-14-38(2)21-28(29)31(36-30)40-19-26-11-12-27(20-40)42-26/h3-10,26-27H,11-21H2,1-2H3,(H2,33,34,41). The van der Waals surface area contributed by atoms with Crippen molar-refractivity contribution in [3.8, 4) is 11.4 Å². The lowest BCUT2D eigenvalue weighted by Crippen LogP contribution is -2.44. The first-order valence-corrected chi connectivity index (χ1v) is 15.2. The highest BCUT2D eigenvalue weighted by molar-refractivity contribution is 5.99. The maximum absolute atomic E-state index is 12.7. The Morgan fingerprint density at radius 1 is 0.786 bits per heavy atom. The molecule has 2 amide bonds. The predicted molar refractivity (Wildman–Crippen MR) is 166 cm³/mol. The molecule has 0 saturated carbocycles. The van der Waals surface area contributed by atoms with E-state index in [-0.39, 0.29) is 6.03 Å². The zero-order chi connectivity index (χ0) is 28.6. The van der Waals surface area contributed by atoms with Crippen LogP contribution in [0.3, 0.4) is 0 Å². The molecule has 7 rings (SSSR count). The van der Waals surface area contributed by atoms with Gasteiger partial charge in [-0.2, -0.15) is 0 Å². The predicted octanol–water partition coefficient (Wildman–Crippen LogP) is 3.89. The van der Waals surface area contributed by atoms with Crippen molar-refractivity contribution in [2.75, 3.05) is 80.3 Å². The number of hydrogen-bond acceptors (Lipinski definition) is 8. The fraction of sp³-hybridized carbons (Fsp3) is 0.469. The summed E-state index contributed by atoms with van der Waals surface area (Å²) in [6, 6.07) is 15.6. The molecule has 3 fully saturated rings. The molecule has 42 heavy (non-hydrogen) atoms. The summed E-state index contributed by atoms with van der Waals surface area (Å²) in [4.78, 5) is 32.4. The molecule has 2 aromatic carbocycles. The number of carbonyl (C=O) groups excluding carboxylic acids is 1. The summed E-state index contributed by atoms with van der Waals surface area (Å²) >= 11 is 0. The molecule has 10 nitrogen and oxygen atoms in total. The summed E-state index contributed by atoms with van der Waals surface area (Å²) in [5.74, 6) is 1.80. The summed E-state index contributed by atoms with van der Waals surface area (Å²) in [6.45, 7) is 7.80. The van der Waals surface area contributed by atoms with Gasteiger partial charge in [0.1, 0.15) is 5.82 Å². The van der Waals surface area contributed by atoms with Crippen LogP contribution in [0.1, 0.15) is 24.1 Å². The van der Waals surface area contributed by atoms with Crippen LogP contribution in [0.15, 0.2) is 48.5 Å². The van der Waals surface area contributed by atoms with Gasteiger partial charge in [-0.05, 0) is 75.5 Å². The molecule has 4 aliphatic heterocycles. The van der Waals surface area contributed by atoms with Gasteiger partial charge in [0, 0.05) is 87.0 Å². The van der Waals surface area contributed by atoms with Gasteiger partial charge in [0.15, 0.2) is 5.82 Å². The number of likely N-dealkylation sites (N-methyl/N-ethyl adjacent to an activating group) is 2. The molecule has 10 heteroatoms. The van der Waals surface area contributed by atoms with E-state index in [0.29, 0.717) is 12.2 Å². The maximum Gasteiger partial charge on any atom is 0.323 e. The molecule has 0 radical (unpaired) electrons. The highest BCUT2D eigenvalue weighted by atomic mass is 16.5. The van der Waals surface area contributed by atoms with Crippen LogP contribution in [0.2, 0.25) is 0 Å². The summed E-state index contributed by atoms with van der Waals surface area (Å²) in [7, 11) is 4.32. The molecule has 3 aromatic rings. The van der Waals surface area contributed by atoms with Crippen molar-refractivity contribution in [1.29, 1.82) is 0 Å². The van der Waals surface area contributed by atoms with Gasteiger partial charge in [-0.25, -0.2) is 14.8 Å². The third-order valence-corrected chi connectivity index (χ3v) is 8.97. The van der Waals surface area contributed by atoms with Gasteiger partial charge in [-0.1, -0.05) is 0 Å². The van der Waals surface area contributed by atoms with E-state index in [0.717, 1.165) is 106 Å². The third kappa shape index (κ3) is 5.79. The van der Waals surface area contributed by atoms with E-state index in [1.165, 1.54) is 11.3 Å². The average molecular weight is 569 g/mol. The molecule has 4 aliphatic rings. The van der Waals surface area contributed by atoms with Crippen molar-refractivity contribution < 1.29 is 9.53 Å². The molecule has 2 bridgehead atoms. The first-order valence-electron chi connectivity index (χ1n) is 15.2. The summed E-state index contributed by atoms with van der Waals surface area (Å²) in [5.41, 5.74) is 6.01. The van der Waals surface area contributed by atoms with Crippen molar-refractivity contribution in [2.24, 2.45) is 0 Å². The summed E-state index contributed by atoms with van der Waals surface area (Å²) in [5, 5.41) is 5.90. The topological polar surface area (TPSA) is 89.1 Å². The highest BCUT2D eigenvalue weighted by Crippen LogP contribution is 2.34. The summed E-state index contributed by atoms with van der Waals surface area (Å²) < 4.78 is 6.11. The first-order chi connectivity index (χ1) is 20.5. The van der Waals surface area contributed by atoms with Crippen molar-refractivity contribution in [1.82, 2.24) is 19.8 Å². The number of benzene rings is 2. The van der Waals surface area contributed by atoms with Crippen LogP contribution in [0, 0.1) is 0 Å². The Bertz CT molecular complexity index is 1410. The number of hydrogen-bond donors (Lipinski definition) is 2. The molecule has 2 unspecified atom stereocenters. The maximum atomic E-state index is 12.7. The molecular formula is C32H40N8O2. The van der Waals surface area contributed by atoms with E-state index in [9.17, 15) is 4.79 Å². The molecule has 0 spiro atoms. The van der Waals surface area contributed by atoms with Gasteiger partial charge in [-0.3, -0.25) is 0 Å². The number of rotatable bonds is 5. The minimum Gasteiger partial charge on any atom is -0.371 e. The number of morpholine rings is 1. The fourth-order valence-electron chi connectivity index (χ4n) is 6.53. The molecule has 220 valence electrons. The smallest absolute Gasteiger partial charge is 0.323 e. The molecule has 2 atom stereocenters. The number of carbonyl (C=O) groups is 1. The number of urea groups is 1. The number of nitrogens with one attached hydrogen (secondary N) is 2. The molecular weight excluding hydrogens is 528 g/mol. The number of ether oxygens (including phenoxy) is 1. The molecule has 2 N–H and O–H groups in total. The second kappa shape index (κ2) is 11.5. The SMILES string of the molecule is CN1CCN(c2ccc(NC(=O)Nc3ccc(-c4nc5c(c(N6CC7CCC(C6)O7)n4)CN(C)CC5)cc3)cc2)CC1.